The molecule has 1 unspecified atom stereocenters. The molecule has 2 aliphatic heterocycles. The second kappa shape index (κ2) is 7.96. The molecule has 2 aliphatic carbocycles. The van der Waals surface area contributed by atoms with Gasteiger partial charge in [-0.25, -0.2) is 0 Å². The number of aromatic amines is 1. The first-order valence-electron chi connectivity index (χ1n) is 13.2. The maximum absolute atomic E-state index is 12.5. The van der Waals surface area contributed by atoms with Crippen LogP contribution in [0.4, 0.5) is 0 Å². The van der Waals surface area contributed by atoms with Gasteiger partial charge in [0.05, 0.1) is 11.0 Å². The van der Waals surface area contributed by atoms with E-state index in [2.05, 4.69) is 22.2 Å². The molecular weight excluding hydrogens is 470 g/mol. The zero-order valence-corrected chi connectivity index (χ0v) is 21.2. The number of carboxylic acid groups (broad SMARTS) is 1. The van der Waals surface area contributed by atoms with E-state index >= 15 is 0 Å². The van der Waals surface area contributed by atoms with Crippen molar-refractivity contribution in [3.63, 3.8) is 0 Å². The number of carbonyl (C=O) groups is 1. The van der Waals surface area contributed by atoms with Crippen LogP contribution in [0.25, 0.3) is 10.9 Å². The number of hydrogen-bond acceptors (Lipinski definition) is 6. The van der Waals surface area contributed by atoms with Crippen molar-refractivity contribution in [3.05, 3.63) is 59.3 Å². The fraction of sp³-hybridized carbons (Fsp3) is 0.483. The molecule has 8 heteroatoms. The van der Waals surface area contributed by atoms with Crippen LogP contribution in [0.2, 0.25) is 0 Å². The van der Waals surface area contributed by atoms with Gasteiger partial charge in [-0.3, -0.25) is 10.1 Å². The highest BCUT2D eigenvalue weighted by Crippen LogP contribution is 2.66. The molecule has 6 atom stereocenters. The summed E-state index contributed by atoms with van der Waals surface area (Å²) in [6.45, 7) is 0.897. The third-order valence-electron chi connectivity index (χ3n) is 9.87. The summed E-state index contributed by atoms with van der Waals surface area (Å²) in [5, 5.41) is 25.7. The number of carboxylic acids is 1. The summed E-state index contributed by atoms with van der Waals surface area (Å²) in [5.41, 5.74) is 3.36. The zero-order valence-electron chi connectivity index (χ0n) is 21.2. The predicted octanol–water partition coefficient (Wildman–Crippen LogP) is 2.97. The number of aromatic nitrogens is 1. The fourth-order valence-electron chi connectivity index (χ4n) is 8.31. The second-order valence-corrected chi connectivity index (χ2v) is 11.3. The van der Waals surface area contributed by atoms with Gasteiger partial charge < -0.3 is 29.6 Å². The van der Waals surface area contributed by atoms with E-state index in [1.807, 2.05) is 43.6 Å². The number of methoxy groups -OCH3 is 1. The highest BCUT2D eigenvalue weighted by molar-refractivity contribution is 5.84. The number of hydrogen-bond donors (Lipinski definition) is 4. The minimum absolute atomic E-state index is 0.150. The summed E-state index contributed by atoms with van der Waals surface area (Å²) in [7, 11) is 3.98. The molecule has 3 aromatic rings. The number of phenolic OH excluding ortho intramolecular Hbond substituents is 1. The van der Waals surface area contributed by atoms with E-state index in [-0.39, 0.29) is 23.9 Å². The fourth-order valence-corrected chi connectivity index (χ4v) is 8.31. The molecular formula is C29H33N3O5. The lowest BCUT2D eigenvalue weighted by atomic mass is 9.48. The van der Waals surface area contributed by atoms with Crippen molar-refractivity contribution in [2.45, 2.75) is 67.3 Å². The molecule has 2 bridgehead atoms. The molecule has 8 nitrogen and oxygen atoms in total. The van der Waals surface area contributed by atoms with E-state index in [1.165, 1.54) is 5.56 Å². The molecule has 1 saturated heterocycles. The molecule has 1 saturated carbocycles. The lowest BCUT2D eigenvalue weighted by Gasteiger charge is -2.65. The summed E-state index contributed by atoms with van der Waals surface area (Å²) in [6, 6.07) is 10.9. The number of aromatic hydroxyl groups is 1. The molecule has 7 rings (SSSR count). The topological polar surface area (TPSA) is 107 Å². The summed E-state index contributed by atoms with van der Waals surface area (Å²) in [4.78, 5) is 18.2. The van der Waals surface area contributed by atoms with Gasteiger partial charge in [0, 0.05) is 48.3 Å². The molecule has 1 aromatic heterocycles. The first-order valence-corrected chi connectivity index (χ1v) is 13.2. The van der Waals surface area contributed by atoms with E-state index in [4.69, 9.17) is 9.47 Å². The van der Waals surface area contributed by atoms with Gasteiger partial charge in [-0.05, 0) is 62.5 Å². The van der Waals surface area contributed by atoms with Gasteiger partial charge in [-0.2, -0.15) is 0 Å². The number of phenols is 1. The van der Waals surface area contributed by atoms with Crippen LogP contribution in [-0.2, 0) is 27.8 Å². The van der Waals surface area contributed by atoms with Crippen molar-refractivity contribution < 1.29 is 24.5 Å². The number of nitrogens with zero attached hydrogens (tertiary/aromatic N) is 1. The molecule has 0 amide bonds. The Morgan fingerprint density at radius 1 is 1.30 bits per heavy atom. The lowest BCUT2D eigenvalue weighted by molar-refractivity contribution is -0.204. The number of rotatable bonds is 6. The van der Waals surface area contributed by atoms with Gasteiger partial charge in [0.1, 0.15) is 12.1 Å². The smallest absolute Gasteiger partial charge is 0.321 e. The summed E-state index contributed by atoms with van der Waals surface area (Å²) < 4.78 is 13.2. The third kappa shape index (κ3) is 2.92. The Kier molecular flexibility index (Phi) is 4.97. The largest absolute Gasteiger partial charge is 0.504 e. The normalized spacial score (nSPS) is 32.6. The van der Waals surface area contributed by atoms with Gasteiger partial charge in [-0.1, -0.05) is 24.3 Å². The van der Waals surface area contributed by atoms with E-state index < -0.39 is 23.0 Å². The van der Waals surface area contributed by atoms with Crippen LogP contribution >= 0.6 is 0 Å². The first kappa shape index (κ1) is 23.1. The summed E-state index contributed by atoms with van der Waals surface area (Å²) in [5.74, 6) is -0.170. The van der Waals surface area contributed by atoms with Crippen molar-refractivity contribution in [1.29, 1.82) is 0 Å². The molecule has 194 valence electrons. The van der Waals surface area contributed by atoms with Crippen molar-refractivity contribution in [3.8, 4) is 11.5 Å². The van der Waals surface area contributed by atoms with E-state index in [9.17, 15) is 15.0 Å². The highest BCUT2D eigenvalue weighted by atomic mass is 16.5. The average Bonchev–Trinajstić information content (AvgIpc) is 3.47. The Balaban J connectivity index is 1.28. The number of aliphatic carboxylic acids is 1. The molecule has 2 fully saturated rings. The third-order valence-corrected chi connectivity index (χ3v) is 9.87. The predicted molar refractivity (Wildman–Crippen MR) is 138 cm³/mol. The molecule has 0 radical (unpaired) electrons. The number of likely N-dealkylation sites (N-methyl/N-ethyl adjacent to an activating group) is 1. The van der Waals surface area contributed by atoms with Gasteiger partial charge in [0.25, 0.3) is 0 Å². The molecule has 1 spiro atoms. The van der Waals surface area contributed by atoms with Crippen LogP contribution in [-0.4, -0.2) is 76.6 Å². The zero-order chi connectivity index (χ0) is 25.5. The van der Waals surface area contributed by atoms with Crippen molar-refractivity contribution in [2.75, 3.05) is 20.7 Å². The molecule has 4 aliphatic rings. The Morgan fingerprint density at radius 3 is 2.95 bits per heavy atom. The standard InChI is InChI=1S/C29H33N3O5/c1-32-12-11-28-24-16-7-8-22(33)25(24)37-26(28)20(9-10-29(28,36-2)23(32)14-16)31-21(27(34)35)13-17-15-30-19-6-4-3-5-18(17)19/h3-8,15,20-21,23,26,30-31,33H,9-14H2,1-2H3,(H,34,35)/t20-,21+,23?,26+,28+,29-/m1/s1. The van der Waals surface area contributed by atoms with E-state index in [1.54, 1.807) is 6.07 Å². The number of para-hydroxylation sites is 1. The Labute approximate surface area is 215 Å². The number of H-pyrrole nitrogens is 1. The van der Waals surface area contributed by atoms with E-state index in [0.717, 1.165) is 54.3 Å². The maximum atomic E-state index is 12.5. The molecule has 2 aromatic carbocycles. The summed E-state index contributed by atoms with van der Waals surface area (Å²) in [6.07, 6.45) is 5.15. The second-order valence-electron chi connectivity index (χ2n) is 11.3. The molecule has 4 N–H and O–H groups in total. The van der Waals surface area contributed by atoms with Crippen molar-refractivity contribution >= 4 is 16.9 Å². The van der Waals surface area contributed by atoms with Crippen LogP contribution in [0.1, 0.15) is 36.0 Å². The number of nitrogens with one attached hydrogen (secondary N) is 2. The quantitative estimate of drug-likeness (QED) is 0.410. The first-order chi connectivity index (χ1) is 17.9. The maximum Gasteiger partial charge on any atom is 0.321 e. The molecule has 37 heavy (non-hydrogen) atoms. The highest BCUT2D eigenvalue weighted by Gasteiger charge is 2.73. The van der Waals surface area contributed by atoms with Gasteiger partial charge in [0.15, 0.2) is 11.5 Å². The monoisotopic (exact) mass is 503 g/mol. The van der Waals surface area contributed by atoms with Gasteiger partial charge >= 0.3 is 5.97 Å². The SMILES string of the molecule is CO[C@@]12CC[C@@H](N[C@@H](Cc3c[nH]c4ccccc34)C(=O)O)[C@@H]3Oc4c(O)ccc5c4[C@@]31CCN(C)C2C5. The number of benzene rings is 2. The lowest BCUT2D eigenvalue weighted by Crippen LogP contribution is -2.78. The summed E-state index contributed by atoms with van der Waals surface area (Å²) >= 11 is 0. The number of ether oxygens (including phenoxy) is 2. The average molecular weight is 504 g/mol. The Hall–Kier alpha value is -3.07. The van der Waals surface area contributed by atoms with Crippen LogP contribution in [0.5, 0.6) is 11.5 Å². The van der Waals surface area contributed by atoms with Crippen molar-refractivity contribution in [2.24, 2.45) is 0 Å². The minimum Gasteiger partial charge on any atom is -0.504 e. The van der Waals surface area contributed by atoms with Crippen LogP contribution in [0.15, 0.2) is 42.6 Å². The van der Waals surface area contributed by atoms with Gasteiger partial charge in [-0.15, -0.1) is 0 Å². The Morgan fingerprint density at radius 2 is 2.14 bits per heavy atom. The van der Waals surface area contributed by atoms with Crippen LogP contribution in [0, 0.1) is 0 Å². The molecule has 3 heterocycles. The number of fused-ring (bicyclic) bond motifs is 1. The number of likely N-dealkylation sites (tertiary alicyclic amines) is 1. The minimum atomic E-state index is -0.879. The Bertz CT molecular complexity index is 1400. The van der Waals surface area contributed by atoms with Gasteiger partial charge in [0.2, 0.25) is 0 Å². The number of piperidine rings is 1. The van der Waals surface area contributed by atoms with Crippen LogP contribution < -0.4 is 10.1 Å². The van der Waals surface area contributed by atoms with Crippen LogP contribution in [0.3, 0.4) is 0 Å². The van der Waals surface area contributed by atoms with Crippen molar-refractivity contribution in [1.82, 2.24) is 15.2 Å². The van der Waals surface area contributed by atoms with E-state index in [0.29, 0.717) is 12.2 Å².